The average Bonchev–Trinajstić information content (AvgIpc) is 2.68. The van der Waals surface area contributed by atoms with Crippen LogP contribution in [0.2, 0.25) is 10.0 Å². The van der Waals surface area contributed by atoms with Crippen molar-refractivity contribution in [1.82, 2.24) is 0 Å². The van der Waals surface area contributed by atoms with Crippen molar-refractivity contribution in [3.8, 4) is 5.75 Å². The molecule has 0 unspecified atom stereocenters. The van der Waals surface area contributed by atoms with Gasteiger partial charge in [-0.2, -0.15) is 0 Å². The van der Waals surface area contributed by atoms with Gasteiger partial charge < -0.3 is 10.1 Å². The Balaban J connectivity index is 1.87. The Morgan fingerprint density at radius 2 is 1.86 bits per heavy atom. The zero-order chi connectivity index (χ0) is 20.1. The monoisotopic (exact) mass is 419 g/mol. The van der Waals surface area contributed by atoms with Gasteiger partial charge in [-0.15, -0.1) is 0 Å². The average molecular weight is 420 g/mol. The summed E-state index contributed by atoms with van der Waals surface area (Å²) in [6, 6.07) is 11.2. The highest BCUT2D eigenvalue weighted by Crippen LogP contribution is 2.44. The van der Waals surface area contributed by atoms with E-state index in [1.54, 1.807) is 6.07 Å². The van der Waals surface area contributed by atoms with E-state index in [9.17, 15) is 4.79 Å². The predicted octanol–water partition coefficient (Wildman–Crippen LogP) is 6.93. The summed E-state index contributed by atoms with van der Waals surface area (Å²) in [4.78, 5) is 13.5. The van der Waals surface area contributed by atoms with Crippen molar-refractivity contribution in [2.75, 3.05) is 11.9 Å². The molecule has 1 fully saturated rings. The number of benzene rings is 2. The van der Waals surface area contributed by atoms with Crippen molar-refractivity contribution >= 4 is 34.8 Å². The van der Waals surface area contributed by atoms with Crippen LogP contribution in [0.1, 0.15) is 56.6 Å². The van der Waals surface area contributed by atoms with Crippen LogP contribution in [0.5, 0.6) is 5.75 Å². The maximum Gasteiger partial charge on any atom is 0.235 e. The van der Waals surface area contributed by atoms with Crippen LogP contribution in [0, 0.1) is 6.92 Å². The van der Waals surface area contributed by atoms with Crippen LogP contribution in [-0.4, -0.2) is 12.5 Å². The normalized spacial score (nSPS) is 15.9. The molecular formula is C23H27Cl2NO2. The molecule has 0 atom stereocenters. The molecule has 3 rings (SSSR count). The maximum absolute atomic E-state index is 13.5. The number of anilines is 1. The molecule has 3 nitrogen and oxygen atoms in total. The Hall–Kier alpha value is -1.71. The van der Waals surface area contributed by atoms with Crippen LogP contribution in [0.4, 0.5) is 5.69 Å². The summed E-state index contributed by atoms with van der Waals surface area (Å²) < 4.78 is 5.74. The molecule has 150 valence electrons. The first-order valence-electron chi connectivity index (χ1n) is 9.97. The molecule has 2 aromatic carbocycles. The van der Waals surface area contributed by atoms with E-state index in [0.717, 1.165) is 61.1 Å². The first kappa shape index (κ1) is 21.0. The lowest BCUT2D eigenvalue weighted by Crippen LogP contribution is -2.42. The van der Waals surface area contributed by atoms with Crippen LogP contribution in [0.15, 0.2) is 36.4 Å². The van der Waals surface area contributed by atoms with Crippen molar-refractivity contribution in [1.29, 1.82) is 0 Å². The fraction of sp³-hybridized carbons (Fsp3) is 0.435. The molecule has 0 radical (unpaired) electrons. The summed E-state index contributed by atoms with van der Waals surface area (Å²) in [5.41, 5.74) is 2.04. The Morgan fingerprint density at radius 1 is 1.11 bits per heavy atom. The van der Waals surface area contributed by atoms with E-state index in [1.165, 1.54) is 0 Å². The Labute approximate surface area is 177 Å². The minimum Gasteiger partial charge on any atom is -0.493 e. The van der Waals surface area contributed by atoms with Crippen molar-refractivity contribution in [2.24, 2.45) is 0 Å². The van der Waals surface area contributed by atoms with E-state index >= 15 is 0 Å². The molecule has 28 heavy (non-hydrogen) atoms. The summed E-state index contributed by atoms with van der Waals surface area (Å²) in [6.07, 6.45) is 5.70. The number of hydrogen-bond donors (Lipinski definition) is 1. The van der Waals surface area contributed by atoms with Gasteiger partial charge in [0.25, 0.3) is 0 Å². The third-order valence-corrected chi connectivity index (χ3v) is 6.03. The van der Waals surface area contributed by atoms with Crippen LogP contribution >= 0.6 is 23.2 Å². The van der Waals surface area contributed by atoms with Crippen molar-refractivity contribution in [3.05, 3.63) is 57.6 Å². The van der Waals surface area contributed by atoms with Crippen molar-refractivity contribution < 1.29 is 9.53 Å². The predicted molar refractivity (Wildman–Crippen MR) is 117 cm³/mol. The minimum absolute atomic E-state index is 0.00181. The second-order valence-electron chi connectivity index (χ2n) is 7.55. The van der Waals surface area contributed by atoms with E-state index in [1.807, 2.05) is 37.3 Å². The van der Waals surface area contributed by atoms with Gasteiger partial charge in [-0.3, -0.25) is 4.79 Å². The molecule has 1 aliphatic rings. The quantitative estimate of drug-likeness (QED) is 0.550. The molecule has 1 N–H and O–H groups in total. The van der Waals surface area contributed by atoms with Gasteiger partial charge in [0.2, 0.25) is 5.91 Å². The molecule has 0 spiro atoms. The van der Waals surface area contributed by atoms with Crippen LogP contribution in [0.3, 0.4) is 0 Å². The standard InChI is InChI=1S/C23H27Cl2NO2/c1-3-13-28-21-10-8-18(14-16(21)2)26-22(27)23(11-5-4-6-12-23)19-9-7-17(24)15-20(19)25/h7-10,14-15H,3-6,11-13H2,1-2H3,(H,26,27). The van der Waals surface area contributed by atoms with Crippen molar-refractivity contribution in [2.45, 2.75) is 57.8 Å². The second kappa shape index (κ2) is 9.19. The Bertz CT molecular complexity index is 844. The largest absolute Gasteiger partial charge is 0.493 e. The highest BCUT2D eigenvalue weighted by Gasteiger charge is 2.42. The van der Waals surface area contributed by atoms with E-state index in [-0.39, 0.29) is 5.91 Å². The molecular weight excluding hydrogens is 393 g/mol. The molecule has 0 heterocycles. The third kappa shape index (κ3) is 4.47. The van der Waals surface area contributed by atoms with Gasteiger partial charge in [0.15, 0.2) is 0 Å². The second-order valence-corrected chi connectivity index (χ2v) is 8.39. The van der Waals surface area contributed by atoms with Gasteiger partial charge in [0, 0.05) is 15.7 Å². The first-order chi connectivity index (χ1) is 13.5. The van der Waals surface area contributed by atoms with E-state index in [2.05, 4.69) is 12.2 Å². The van der Waals surface area contributed by atoms with Gasteiger partial charge in [-0.25, -0.2) is 0 Å². The summed E-state index contributed by atoms with van der Waals surface area (Å²) in [6.45, 7) is 4.76. The highest BCUT2D eigenvalue weighted by atomic mass is 35.5. The SMILES string of the molecule is CCCOc1ccc(NC(=O)C2(c3ccc(Cl)cc3Cl)CCCCC2)cc1C. The maximum atomic E-state index is 13.5. The number of halogens is 2. The third-order valence-electron chi connectivity index (χ3n) is 5.48. The molecule has 2 aromatic rings. The lowest BCUT2D eigenvalue weighted by atomic mass is 9.68. The number of ether oxygens (including phenoxy) is 1. The van der Waals surface area contributed by atoms with Crippen LogP contribution in [0.25, 0.3) is 0 Å². The fourth-order valence-corrected chi connectivity index (χ4v) is 4.59. The molecule has 1 saturated carbocycles. The Morgan fingerprint density at radius 3 is 2.50 bits per heavy atom. The number of aryl methyl sites for hydroxylation is 1. The molecule has 1 aliphatic carbocycles. The van der Waals surface area contributed by atoms with Gasteiger partial charge in [-0.1, -0.05) is 55.5 Å². The van der Waals surface area contributed by atoms with Gasteiger partial charge >= 0.3 is 0 Å². The molecule has 1 amide bonds. The zero-order valence-corrected chi connectivity index (χ0v) is 18.0. The summed E-state index contributed by atoms with van der Waals surface area (Å²) in [5, 5.41) is 4.27. The summed E-state index contributed by atoms with van der Waals surface area (Å²) in [7, 11) is 0. The topological polar surface area (TPSA) is 38.3 Å². The van der Waals surface area contributed by atoms with Gasteiger partial charge in [0.05, 0.1) is 12.0 Å². The molecule has 0 saturated heterocycles. The zero-order valence-electron chi connectivity index (χ0n) is 16.5. The smallest absolute Gasteiger partial charge is 0.235 e. The van der Waals surface area contributed by atoms with Gasteiger partial charge in [0.1, 0.15) is 5.75 Å². The van der Waals surface area contributed by atoms with E-state index < -0.39 is 5.41 Å². The Kier molecular flexibility index (Phi) is 6.90. The molecule has 0 bridgehead atoms. The summed E-state index contributed by atoms with van der Waals surface area (Å²) in [5.74, 6) is 0.853. The molecule has 0 aromatic heterocycles. The van der Waals surface area contributed by atoms with Crippen LogP contribution in [-0.2, 0) is 10.2 Å². The van der Waals surface area contributed by atoms with Crippen molar-refractivity contribution in [3.63, 3.8) is 0 Å². The lowest BCUT2D eigenvalue weighted by Gasteiger charge is -2.37. The number of amides is 1. The number of rotatable bonds is 6. The minimum atomic E-state index is -0.620. The fourth-order valence-electron chi connectivity index (χ4n) is 4.00. The number of carbonyl (C=O) groups excluding carboxylic acids is 1. The molecule has 5 heteroatoms. The number of nitrogens with one attached hydrogen (secondary N) is 1. The molecule has 0 aliphatic heterocycles. The van der Waals surface area contributed by atoms with Crippen LogP contribution < -0.4 is 10.1 Å². The van der Waals surface area contributed by atoms with Gasteiger partial charge in [-0.05, 0) is 67.6 Å². The van der Waals surface area contributed by atoms with E-state index in [0.29, 0.717) is 16.7 Å². The first-order valence-corrected chi connectivity index (χ1v) is 10.7. The van der Waals surface area contributed by atoms with E-state index in [4.69, 9.17) is 27.9 Å². The number of carbonyl (C=O) groups is 1. The summed E-state index contributed by atoms with van der Waals surface area (Å²) >= 11 is 12.6. The number of hydrogen-bond acceptors (Lipinski definition) is 2. The lowest BCUT2D eigenvalue weighted by molar-refractivity contribution is -0.122. The highest BCUT2D eigenvalue weighted by molar-refractivity contribution is 6.35.